The average Bonchev–Trinajstić information content (AvgIpc) is 3.49. The van der Waals surface area contributed by atoms with Gasteiger partial charge in [-0.15, -0.1) is 11.3 Å². The number of halogens is 3. The maximum absolute atomic E-state index is 13.1. The summed E-state index contributed by atoms with van der Waals surface area (Å²) in [5, 5.41) is 6.09. The van der Waals surface area contributed by atoms with Crippen LogP contribution in [0.1, 0.15) is 63.3 Å². The molecule has 2 heterocycles. The van der Waals surface area contributed by atoms with Crippen LogP contribution in [0.3, 0.4) is 0 Å². The highest BCUT2D eigenvalue weighted by Gasteiger charge is 2.34. The number of rotatable bonds is 8. The molecule has 0 N–H and O–H groups in total. The summed E-state index contributed by atoms with van der Waals surface area (Å²) in [5.74, 6) is -0.436. The van der Waals surface area contributed by atoms with Crippen LogP contribution >= 0.6 is 11.3 Å². The van der Waals surface area contributed by atoms with E-state index in [1.807, 2.05) is 19.2 Å². The summed E-state index contributed by atoms with van der Waals surface area (Å²) in [6.45, 7) is 1.64. The molecule has 0 bridgehead atoms. The van der Waals surface area contributed by atoms with Crippen LogP contribution < -0.4 is 0 Å². The highest BCUT2D eigenvalue weighted by atomic mass is 32.1. The van der Waals surface area contributed by atoms with Crippen LogP contribution in [0.5, 0.6) is 0 Å². The average molecular weight is 534 g/mol. The smallest absolute Gasteiger partial charge is 0.344 e. The summed E-state index contributed by atoms with van der Waals surface area (Å²) >= 11 is 1.41. The maximum Gasteiger partial charge on any atom is 0.435 e. The highest BCUT2D eigenvalue weighted by molar-refractivity contribution is 7.09. The maximum atomic E-state index is 13.1. The first-order valence-electron chi connectivity index (χ1n) is 12.2. The normalized spacial score (nSPS) is 15.4. The predicted octanol–water partition coefficient (Wildman–Crippen LogP) is 4.91. The first-order valence-corrected chi connectivity index (χ1v) is 13.1. The Morgan fingerprint density at radius 3 is 2.70 bits per heavy atom. The minimum absolute atomic E-state index is 0.0351. The largest absolute Gasteiger partial charge is 0.435 e. The zero-order valence-corrected chi connectivity index (χ0v) is 21.9. The van der Waals surface area contributed by atoms with Crippen molar-refractivity contribution in [1.29, 1.82) is 0 Å². The molecule has 3 aromatic rings. The van der Waals surface area contributed by atoms with Crippen molar-refractivity contribution in [3.63, 3.8) is 0 Å². The van der Waals surface area contributed by atoms with E-state index < -0.39 is 11.9 Å². The molecule has 198 valence electrons. The van der Waals surface area contributed by atoms with Gasteiger partial charge in [0.2, 0.25) is 5.91 Å². The molecular formula is C26H30F3N5O2S. The SMILES string of the molecule is Cc1cc(C(F)(F)F)nn1CC(=O)N(C)CCCc1nc(C(=O)N(C)C2CCCc3ccccc32)cs1. The number of alkyl halides is 3. The van der Waals surface area contributed by atoms with E-state index in [0.29, 0.717) is 25.1 Å². The highest BCUT2D eigenvalue weighted by Crippen LogP contribution is 2.34. The van der Waals surface area contributed by atoms with Gasteiger partial charge in [0.1, 0.15) is 12.2 Å². The van der Waals surface area contributed by atoms with Gasteiger partial charge in [-0.1, -0.05) is 24.3 Å². The Morgan fingerprint density at radius 2 is 1.97 bits per heavy atom. The molecule has 1 aromatic carbocycles. The van der Waals surface area contributed by atoms with Gasteiger partial charge in [-0.3, -0.25) is 14.3 Å². The lowest BCUT2D eigenvalue weighted by Gasteiger charge is -2.33. The van der Waals surface area contributed by atoms with Crippen LogP contribution in [-0.4, -0.2) is 57.0 Å². The van der Waals surface area contributed by atoms with Crippen LogP contribution in [0.2, 0.25) is 0 Å². The second-order valence-electron chi connectivity index (χ2n) is 9.39. The first kappa shape index (κ1) is 26.8. The van der Waals surface area contributed by atoms with Crippen molar-refractivity contribution >= 4 is 23.2 Å². The zero-order valence-electron chi connectivity index (χ0n) is 21.1. The van der Waals surface area contributed by atoms with E-state index in [0.717, 1.165) is 35.0 Å². The van der Waals surface area contributed by atoms with Gasteiger partial charge in [-0.05, 0) is 49.8 Å². The van der Waals surface area contributed by atoms with Crippen molar-refractivity contribution in [1.82, 2.24) is 24.6 Å². The number of amides is 2. The molecular weight excluding hydrogens is 503 g/mol. The lowest BCUT2D eigenvalue weighted by Crippen LogP contribution is -2.33. The Hall–Kier alpha value is -3.21. The Morgan fingerprint density at radius 1 is 1.22 bits per heavy atom. The number of fused-ring (bicyclic) bond motifs is 1. The standard InChI is InChI=1S/C26H30F3N5O2S/c1-17-14-22(26(27,28)29)31-34(17)15-24(35)32(2)13-7-12-23-30-20(16-37-23)25(36)33(3)21-11-6-9-18-8-4-5-10-19(18)21/h4-5,8,10,14,16,21H,6-7,9,11-13,15H2,1-3H3. The number of likely N-dealkylation sites (N-methyl/N-ethyl adjacent to an activating group) is 1. The molecule has 1 aliphatic rings. The number of nitrogens with zero attached hydrogens (tertiary/aromatic N) is 5. The monoisotopic (exact) mass is 533 g/mol. The van der Waals surface area contributed by atoms with Crippen LogP contribution in [0.15, 0.2) is 35.7 Å². The van der Waals surface area contributed by atoms with Gasteiger partial charge in [-0.25, -0.2) is 4.98 Å². The molecule has 37 heavy (non-hydrogen) atoms. The molecule has 1 aliphatic carbocycles. The lowest BCUT2D eigenvalue weighted by molar-refractivity contribution is -0.142. The molecule has 4 rings (SSSR count). The lowest BCUT2D eigenvalue weighted by atomic mass is 9.87. The summed E-state index contributed by atoms with van der Waals surface area (Å²) in [5.41, 5.74) is 2.18. The van der Waals surface area contributed by atoms with Gasteiger partial charge in [0.15, 0.2) is 5.69 Å². The first-order chi connectivity index (χ1) is 17.5. The second-order valence-corrected chi connectivity index (χ2v) is 10.3. The summed E-state index contributed by atoms with van der Waals surface area (Å²) in [7, 11) is 3.44. The van der Waals surface area contributed by atoms with Crippen LogP contribution in [0, 0.1) is 6.92 Å². The summed E-state index contributed by atoms with van der Waals surface area (Å²) in [6.07, 6.45) is -0.355. The third kappa shape index (κ3) is 6.20. The van der Waals surface area contributed by atoms with Crippen molar-refractivity contribution in [3.8, 4) is 0 Å². The molecule has 2 aromatic heterocycles. The van der Waals surface area contributed by atoms with Gasteiger partial charge in [-0.2, -0.15) is 18.3 Å². The van der Waals surface area contributed by atoms with Gasteiger partial charge < -0.3 is 9.80 Å². The fraction of sp³-hybridized carbons (Fsp3) is 0.462. The summed E-state index contributed by atoms with van der Waals surface area (Å²) < 4.78 is 39.6. The molecule has 7 nitrogen and oxygen atoms in total. The predicted molar refractivity (Wildman–Crippen MR) is 134 cm³/mol. The van der Waals surface area contributed by atoms with Gasteiger partial charge in [0, 0.05) is 38.1 Å². The number of aryl methyl sites for hydroxylation is 3. The zero-order chi connectivity index (χ0) is 26.7. The summed E-state index contributed by atoms with van der Waals surface area (Å²) in [4.78, 5) is 33.4. The molecule has 0 saturated heterocycles. The number of carbonyl (C=O) groups is 2. The number of benzene rings is 1. The van der Waals surface area contributed by atoms with Crippen LogP contribution in [0.25, 0.3) is 0 Å². The van der Waals surface area contributed by atoms with Crippen molar-refractivity contribution in [2.75, 3.05) is 20.6 Å². The van der Waals surface area contributed by atoms with E-state index in [1.54, 1.807) is 17.3 Å². The molecule has 1 unspecified atom stereocenters. The minimum Gasteiger partial charge on any atom is -0.344 e. The van der Waals surface area contributed by atoms with E-state index in [1.165, 1.54) is 34.3 Å². The molecule has 0 radical (unpaired) electrons. The van der Waals surface area contributed by atoms with E-state index in [-0.39, 0.29) is 30.1 Å². The van der Waals surface area contributed by atoms with Gasteiger partial charge in [0.05, 0.1) is 11.0 Å². The van der Waals surface area contributed by atoms with Crippen molar-refractivity contribution in [2.45, 2.75) is 57.8 Å². The summed E-state index contributed by atoms with van der Waals surface area (Å²) in [6, 6.07) is 9.22. The van der Waals surface area contributed by atoms with Crippen molar-refractivity contribution in [2.24, 2.45) is 0 Å². The van der Waals surface area contributed by atoms with Crippen LogP contribution in [-0.2, 0) is 30.4 Å². The number of thiazole rings is 1. The number of aromatic nitrogens is 3. The quantitative estimate of drug-likeness (QED) is 0.413. The second kappa shape index (κ2) is 11.0. The fourth-order valence-corrected chi connectivity index (χ4v) is 5.44. The fourth-order valence-electron chi connectivity index (χ4n) is 4.63. The third-order valence-corrected chi connectivity index (χ3v) is 7.67. The molecule has 0 fully saturated rings. The van der Waals surface area contributed by atoms with Crippen molar-refractivity contribution in [3.05, 3.63) is 68.9 Å². The third-order valence-electron chi connectivity index (χ3n) is 6.76. The van der Waals surface area contributed by atoms with Gasteiger partial charge >= 0.3 is 6.18 Å². The Bertz CT molecular complexity index is 1270. The molecule has 0 spiro atoms. The van der Waals surface area contributed by atoms with E-state index in [2.05, 4.69) is 22.2 Å². The number of hydrogen-bond acceptors (Lipinski definition) is 5. The molecule has 1 atom stereocenters. The Balaban J connectivity index is 1.28. The number of carbonyl (C=O) groups excluding carboxylic acids is 2. The topological polar surface area (TPSA) is 71.3 Å². The molecule has 11 heteroatoms. The van der Waals surface area contributed by atoms with Crippen molar-refractivity contribution < 1.29 is 22.8 Å². The molecule has 0 aliphatic heterocycles. The molecule has 2 amide bonds. The van der Waals surface area contributed by atoms with E-state index in [9.17, 15) is 22.8 Å². The Labute approximate surface area is 217 Å². The number of hydrogen-bond donors (Lipinski definition) is 0. The van der Waals surface area contributed by atoms with E-state index in [4.69, 9.17) is 0 Å². The van der Waals surface area contributed by atoms with E-state index >= 15 is 0 Å². The minimum atomic E-state index is -4.55. The Kier molecular flexibility index (Phi) is 8.01. The molecule has 0 saturated carbocycles. The van der Waals surface area contributed by atoms with Crippen LogP contribution in [0.4, 0.5) is 13.2 Å². The van der Waals surface area contributed by atoms with Gasteiger partial charge in [0.25, 0.3) is 5.91 Å².